The summed E-state index contributed by atoms with van der Waals surface area (Å²) < 4.78 is 48.6. The summed E-state index contributed by atoms with van der Waals surface area (Å²) in [6.45, 7) is 30.0. The zero-order chi connectivity index (χ0) is 50.7. The molecule has 1 aromatic heterocycles. The third-order valence-corrected chi connectivity index (χ3v) is 24.8. The van der Waals surface area contributed by atoms with Crippen LogP contribution in [0.25, 0.3) is 10.9 Å². The van der Waals surface area contributed by atoms with Crippen molar-refractivity contribution in [2.75, 3.05) is 33.5 Å². The molecule has 3 aromatic carbocycles. The lowest BCUT2D eigenvalue weighted by molar-refractivity contribution is -0.161. The molecular weight excluding hydrogens is 915 g/mol. The molecule has 4 aromatic rings. The highest BCUT2D eigenvalue weighted by atomic mass is 28.4. The number of benzene rings is 3. The van der Waals surface area contributed by atoms with E-state index in [2.05, 4.69) is 129 Å². The van der Waals surface area contributed by atoms with Crippen LogP contribution in [0.1, 0.15) is 125 Å². The summed E-state index contributed by atoms with van der Waals surface area (Å²) in [6, 6.07) is 32.3. The topological polar surface area (TPSA) is 104 Å². The van der Waals surface area contributed by atoms with Gasteiger partial charge in [-0.3, -0.25) is 4.79 Å². The molecule has 13 heteroatoms. The Labute approximate surface area is 418 Å². The molecule has 2 heterocycles. The first kappa shape index (κ1) is 56.5. The maximum Gasteiger partial charge on any atom is 0.419 e. The number of hydrogen-bond donors (Lipinski definition) is 0. The largest absolute Gasteiger partial charge is 0.469 e. The highest BCUT2D eigenvalue weighted by molar-refractivity contribution is 6.99. The number of nitrogens with zero attached hydrogens (tertiary/aromatic N) is 1. The van der Waals surface area contributed by atoms with Crippen LogP contribution >= 0.6 is 0 Å². The summed E-state index contributed by atoms with van der Waals surface area (Å²) in [4.78, 5) is 29.8. The first-order valence-corrected chi connectivity index (χ1v) is 33.7. The quantitative estimate of drug-likeness (QED) is 0.0501. The second kappa shape index (κ2) is 24.3. The molecule has 1 aliphatic rings. The van der Waals surface area contributed by atoms with E-state index in [0.29, 0.717) is 63.3 Å². The Bertz CT molecular complexity index is 2170. The number of hydrogen-bond acceptors (Lipinski definition) is 9. The number of para-hydroxylation sites is 1. The summed E-state index contributed by atoms with van der Waals surface area (Å²) in [7, 11) is -5.93. The fourth-order valence-electron chi connectivity index (χ4n) is 10.6. The van der Waals surface area contributed by atoms with Gasteiger partial charge in [0.1, 0.15) is 5.60 Å². The van der Waals surface area contributed by atoms with Gasteiger partial charge in [-0.15, -0.1) is 0 Å². The molecular formula is C56H87NO9Si3. The number of carbonyl (C=O) groups excluding carboxylic acids is 2. The van der Waals surface area contributed by atoms with Crippen molar-refractivity contribution >= 4 is 58.3 Å². The second-order valence-electron chi connectivity index (χ2n) is 22.3. The number of rotatable bonds is 24. The van der Waals surface area contributed by atoms with Crippen LogP contribution in [0.3, 0.4) is 0 Å². The molecule has 0 aliphatic carbocycles. The van der Waals surface area contributed by atoms with E-state index in [1.54, 1.807) is 4.57 Å². The lowest BCUT2D eigenvalue weighted by Gasteiger charge is -2.46. The number of esters is 1. The summed E-state index contributed by atoms with van der Waals surface area (Å²) >= 11 is 0. The van der Waals surface area contributed by atoms with E-state index in [0.717, 1.165) is 48.3 Å². The maximum atomic E-state index is 15.0. The van der Waals surface area contributed by atoms with E-state index in [1.807, 2.05) is 45.0 Å². The standard InChI is InChI=1S/C56H87NO9Si3/c1-15-56(66-67(12,13)14,42-64-68(16-2,17-3)18-4)40-43(41-63-69(55(8,9)10,44-29-21-19-22-30-44)45-31-23-20-24-32-45)39-48(52(58)60-11)51-47(36-38-62-50-35-27-28-37-61-50)46-33-25-26-34-49(46)57(51)53(59)65-54(5,6)7/h19-26,29-34,43,48,50H,15-18,27-28,35-42H2,1-14H3/t43-,48?,50?,56+/m1/s1. The van der Waals surface area contributed by atoms with Crippen molar-refractivity contribution < 1.29 is 41.8 Å². The van der Waals surface area contributed by atoms with Crippen molar-refractivity contribution in [3.05, 3.63) is 96.2 Å². The molecule has 1 aliphatic heterocycles. The lowest BCUT2D eigenvalue weighted by atomic mass is 9.82. The van der Waals surface area contributed by atoms with Crippen LogP contribution < -0.4 is 10.4 Å². The van der Waals surface area contributed by atoms with Crippen molar-refractivity contribution in [3.63, 3.8) is 0 Å². The Hall–Kier alpha value is -3.41. The Balaban J connectivity index is 1.76. The van der Waals surface area contributed by atoms with Gasteiger partial charge in [-0.1, -0.05) is 127 Å². The molecule has 2 unspecified atom stereocenters. The number of carbonyl (C=O) groups is 2. The van der Waals surface area contributed by atoms with Gasteiger partial charge in [-0.2, -0.15) is 0 Å². The zero-order valence-corrected chi connectivity index (χ0v) is 47.8. The molecule has 1 fully saturated rings. The highest BCUT2D eigenvalue weighted by Crippen LogP contribution is 2.43. The summed E-state index contributed by atoms with van der Waals surface area (Å²) in [5.74, 6) is -1.61. The van der Waals surface area contributed by atoms with Crippen molar-refractivity contribution in [1.82, 2.24) is 4.57 Å². The Morgan fingerprint density at radius 1 is 0.797 bits per heavy atom. The van der Waals surface area contributed by atoms with E-state index < -0.39 is 54.1 Å². The minimum Gasteiger partial charge on any atom is -0.469 e. The highest BCUT2D eigenvalue weighted by Gasteiger charge is 2.51. The van der Waals surface area contributed by atoms with Crippen LogP contribution in [0.2, 0.25) is 42.8 Å². The molecule has 4 atom stereocenters. The normalized spacial score (nSPS) is 17.0. The van der Waals surface area contributed by atoms with Crippen molar-refractivity contribution in [2.45, 2.75) is 180 Å². The number of fused-ring (bicyclic) bond motifs is 1. The fraction of sp³-hybridized carbons (Fsp3) is 0.607. The zero-order valence-electron chi connectivity index (χ0n) is 44.8. The van der Waals surface area contributed by atoms with Crippen molar-refractivity contribution in [2.24, 2.45) is 5.92 Å². The second-order valence-corrected chi connectivity index (χ2v) is 35.8. The molecule has 10 nitrogen and oxygen atoms in total. The summed E-state index contributed by atoms with van der Waals surface area (Å²) in [5.41, 5.74) is 0.578. The van der Waals surface area contributed by atoms with Gasteiger partial charge in [-0.05, 0) is 136 Å². The molecule has 0 saturated carbocycles. The Kier molecular flexibility index (Phi) is 19.9. The van der Waals surface area contributed by atoms with Gasteiger partial charge in [0.2, 0.25) is 0 Å². The van der Waals surface area contributed by atoms with Gasteiger partial charge < -0.3 is 32.2 Å². The molecule has 0 radical (unpaired) electrons. The number of ether oxygens (including phenoxy) is 4. The average Bonchev–Trinajstić information content (AvgIpc) is 3.64. The lowest BCUT2D eigenvalue weighted by Crippen LogP contribution is -2.67. The Morgan fingerprint density at radius 3 is 1.90 bits per heavy atom. The first-order valence-electron chi connectivity index (χ1n) is 25.9. The molecule has 0 spiro atoms. The average molecular weight is 1000 g/mol. The molecule has 0 N–H and O–H groups in total. The van der Waals surface area contributed by atoms with Gasteiger partial charge in [0.05, 0.1) is 37.4 Å². The molecule has 0 bridgehead atoms. The van der Waals surface area contributed by atoms with E-state index in [4.69, 9.17) is 32.2 Å². The molecule has 1 saturated heterocycles. The SMILES string of the molecule is CC[C@@](CO[Si](CC)(CC)CC)(C[C@H](CO[Si](c1ccccc1)(c1ccccc1)C(C)(C)C)CC(C(=O)OC)c1c(CCOC2CCCCO2)c2ccccc2n1C(=O)OC(C)(C)C)O[Si](C)(C)C. The monoisotopic (exact) mass is 1000 g/mol. The summed E-state index contributed by atoms with van der Waals surface area (Å²) in [6.07, 6.45) is 4.04. The van der Waals surface area contributed by atoms with Gasteiger partial charge in [-0.25, -0.2) is 9.36 Å². The predicted octanol–water partition coefficient (Wildman–Crippen LogP) is 12.8. The van der Waals surface area contributed by atoms with E-state index >= 15 is 0 Å². The van der Waals surface area contributed by atoms with E-state index in [9.17, 15) is 9.59 Å². The van der Waals surface area contributed by atoms with Crippen LogP contribution in [0.4, 0.5) is 4.79 Å². The van der Waals surface area contributed by atoms with Gasteiger partial charge >= 0.3 is 12.1 Å². The van der Waals surface area contributed by atoms with Crippen LogP contribution in [0.15, 0.2) is 84.9 Å². The first-order chi connectivity index (χ1) is 32.6. The van der Waals surface area contributed by atoms with E-state index in [1.165, 1.54) is 17.5 Å². The predicted molar refractivity (Wildman–Crippen MR) is 288 cm³/mol. The smallest absolute Gasteiger partial charge is 0.419 e. The van der Waals surface area contributed by atoms with Crippen molar-refractivity contribution in [3.8, 4) is 0 Å². The van der Waals surface area contributed by atoms with Gasteiger partial charge in [0.15, 0.2) is 22.9 Å². The van der Waals surface area contributed by atoms with Crippen LogP contribution in [-0.2, 0) is 43.4 Å². The van der Waals surface area contributed by atoms with Gasteiger partial charge in [0.25, 0.3) is 8.32 Å². The Morgan fingerprint density at radius 2 is 1.39 bits per heavy atom. The van der Waals surface area contributed by atoms with Crippen LogP contribution in [-0.4, -0.2) is 92.6 Å². The molecule has 382 valence electrons. The minimum absolute atomic E-state index is 0.276. The number of aromatic nitrogens is 1. The van der Waals surface area contributed by atoms with Crippen molar-refractivity contribution in [1.29, 1.82) is 0 Å². The third kappa shape index (κ3) is 14.2. The molecule has 0 amide bonds. The van der Waals surface area contributed by atoms with E-state index in [-0.39, 0.29) is 17.2 Å². The fourth-order valence-corrected chi connectivity index (χ4v) is 19.5. The molecule has 69 heavy (non-hydrogen) atoms. The maximum absolute atomic E-state index is 15.0. The summed E-state index contributed by atoms with van der Waals surface area (Å²) in [5, 5.41) is 2.91. The van der Waals surface area contributed by atoms with Crippen LogP contribution in [0.5, 0.6) is 0 Å². The van der Waals surface area contributed by atoms with Crippen LogP contribution in [0, 0.1) is 5.92 Å². The minimum atomic E-state index is -3.08. The molecule has 5 rings (SSSR count). The van der Waals surface area contributed by atoms with Gasteiger partial charge in [0, 0.05) is 24.3 Å². The third-order valence-electron chi connectivity index (χ3n) is 14.1. The number of methoxy groups -OCH3 is 1.